The van der Waals surface area contributed by atoms with Gasteiger partial charge in [-0.25, -0.2) is 0 Å². The van der Waals surface area contributed by atoms with Crippen molar-refractivity contribution in [3.63, 3.8) is 0 Å². The van der Waals surface area contributed by atoms with Crippen LogP contribution in [0.15, 0.2) is 54.7 Å². The number of likely N-dealkylation sites (N-methyl/N-ethyl adjacent to an activating group) is 1. The molecule has 6 heteroatoms. The molecule has 1 amide bonds. The molecular weight excluding hydrogens is 366 g/mol. The summed E-state index contributed by atoms with van der Waals surface area (Å²) in [6.07, 6.45) is 2.35. The summed E-state index contributed by atoms with van der Waals surface area (Å²) >= 11 is 0. The fraction of sp³-hybridized carbons (Fsp3) is 0.217. The average Bonchev–Trinajstić information content (AvgIpc) is 2.85. The molecule has 0 spiro atoms. The van der Waals surface area contributed by atoms with Crippen molar-refractivity contribution in [3.8, 4) is 23.3 Å². The van der Waals surface area contributed by atoms with Crippen LogP contribution in [0.1, 0.15) is 12.0 Å². The van der Waals surface area contributed by atoms with E-state index in [0.29, 0.717) is 24.5 Å². The Labute approximate surface area is 169 Å². The molecule has 2 heterocycles. The third-order valence-electron chi connectivity index (χ3n) is 4.69. The topological polar surface area (TPSA) is 77.7 Å². The van der Waals surface area contributed by atoms with E-state index in [9.17, 15) is 4.79 Å². The molecule has 0 saturated heterocycles. The lowest BCUT2D eigenvalue weighted by atomic mass is 10.1. The van der Waals surface area contributed by atoms with E-state index in [1.807, 2.05) is 48.5 Å². The second kappa shape index (κ2) is 8.21. The SMILES string of the molecule is CN1C(=O)[C@@H](N)COc2ccc(C#CCCOc3ccc4ncccc4c3)cc21. The molecule has 146 valence electrons. The monoisotopic (exact) mass is 387 g/mol. The van der Waals surface area contributed by atoms with E-state index in [2.05, 4.69) is 16.8 Å². The van der Waals surface area contributed by atoms with E-state index in [0.717, 1.165) is 22.2 Å². The molecule has 3 aromatic rings. The van der Waals surface area contributed by atoms with Crippen molar-refractivity contribution in [2.45, 2.75) is 12.5 Å². The van der Waals surface area contributed by atoms with Gasteiger partial charge in [0, 0.05) is 30.6 Å². The lowest BCUT2D eigenvalue weighted by Gasteiger charge is -2.17. The summed E-state index contributed by atoms with van der Waals surface area (Å²) in [6, 6.07) is 14.6. The van der Waals surface area contributed by atoms with Crippen LogP contribution in [0.2, 0.25) is 0 Å². The third-order valence-corrected chi connectivity index (χ3v) is 4.69. The number of anilines is 1. The Morgan fingerprint density at radius 1 is 1.28 bits per heavy atom. The van der Waals surface area contributed by atoms with Gasteiger partial charge in [0.05, 0.1) is 17.8 Å². The van der Waals surface area contributed by atoms with Crippen LogP contribution < -0.4 is 20.1 Å². The highest BCUT2D eigenvalue weighted by molar-refractivity contribution is 5.98. The van der Waals surface area contributed by atoms with Crippen molar-refractivity contribution >= 4 is 22.5 Å². The van der Waals surface area contributed by atoms with Gasteiger partial charge in [-0.15, -0.1) is 0 Å². The Morgan fingerprint density at radius 3 is 3.07 bits per heavy atom. The predicted octanol–water partition coefficient (Wildman–Crippen LogP) is 2.74. The zero-order valence-corrected chi connectivity index (χ0v) is 16.1. The van der Waals surface area contributed by atoms with Crippen molar-refractivity contribution < 1.29 is 14.3 Å². The maximum atomic E-state index is 12.2. The number of carbonyl (C=O) groups is 1. The molecule has 4 rings (SSSR count). The number of rotatable bonds is 3. The fourth-order valence-electron chi connectivity index (χ4n) is 3.13. The minimum absolute atomic E-state index is 0.170. The largest absolute Gasteiger partial charge is 0.493 e. The van der Waals surface area contributed by atoms with Gasteiger partial charge in [0.2, 0.25) is 5.91 Å². The van der Waals surface area contributed by atoms with Crippen molar-refractivity contribution in [1.29, 1.82) is 0 Å². The zero-order valence-electron chi connectivity index (χ0n) is 16.1. The van der Waals surface area contributed by atoms with Gasteiger partial charge in [0.25, 0.3) is 0 Å². The summed E-state index contributed by atoms with van der Waals surface area (Å²) in [5, 5.41) is 1.04. The molecule has 0 radical (unpaired) electrons. The Morgan fingerprint density at radius 2 is 2.17 bits per heavy atom. The highest BCUT2D eigenvalue weighted by Gasteiger charge is 2.26. The number of fused-ring (bicyclic) bond motifs is 2. The first-order chi connectivity index (χ1) is 14.1. The highest BCUT2D eigenvalue weighted by atomic mass is 16.5. The molecule has 2 N–H and O–H groups in total. The van der Waals surface area contributed by atoms with Crippen LogP contribution in [0.4, 0.5) is 5.69 Å². The number of ether oxygens (including phenoxy) is 2. The summed E-state index contributed by atoms with van der Waals surface area (Å²) in [5.74, 6) is 7.48. The maximum absolute atomic E-state index is 12.2. The van der Waals surface area contributed by atoms with Crippen LogP contribution in [0, 0.1) is 11.8 Å². The van der Waals surface area contributed by atoms with Crippen molar-refractivity contribution in [3.05, 3.63) is 60.3 Å². The van der Waals surface area contributed by atoms with Gasteiger partial charge in [-0.1, -0.05) is 17.9 Å². The zero-order chi connectivity index (χ0) is 20.2. The number of nitrogens with two attached hydrogens (primary N) is 1. The third kappa shape index (κ3) is 4.15. The quantitative estimate of drug-likeness (QED) is 0.552. The number of pyridine rings is 1. The van der Waals surface area contributed by atoms with Gasteiger partial charge in [0.1, 0.15) is 24.1 Å². The molecule has 29 heavy (non-hydrogen) atoms. The molecule has 1 atom stereocenters. The van der Waals surface area contributed by atoms with E-state index in [1.54, 1.807) is 13.2 Å². The van der Waals surface area contributed by atoms with Crippen LogP contribution in [0.5, 0.6) is 11.5 Å². The standard InChI is InChI=1S/C23H21N3O3/c1-26-21-13-16(7-10-22(21)29-15-19(24)23(26)27)5-2-3-12-28-18-8-9-20-17(14-18)6-4-11-25-20/h4,6-11,13-14,19H,3,12,15,24H2,1H3/t19-/m0/s1. The van der Waals surface area contributed by atoms with E-state index >= 15 is 0 Å². The Bertz CT molecular complexity index is 1120. The molecule has 1 aromatic heterocycles. The summed E-state index contributed by atoms with van der Waals surface area (Å²) in [7, 11) is 1.69. The van der Waals surface area contributed by atoms with Crippen LogP contribution in [0.25, 0.3) is 10.9 Å². The number of hydrogen-bond acceptors (Lipinski definition) is 5. The van der Waals surface area contributed by atoms with E-state index in [4.69, 9.17) is 15.2 Å². The molecule has 0 unspecified atom stereocenters. The van der Waals surface area contributed by atoms with Gasteiger partial charge in [0.15, 0.2) is 0 Å². The van der Waals surface area contributed by atoms with Crippen molar-refractivity contribution in [2.24, 2.45) is 5.73 Å². The summed E-state index contributed by atoms with van der Waals surface area (Å²) in [6.45, 7) is 0.656. The first-order valence-corrected chi connectivity index (χ1v) is 9.38. The summed E-state index contributed by atoms with van der Waals surface area (Å²) < 4.78 is 11.4. The fourth-order valence-corrected chi connectivity index (χ4v) is 3.13. The van der Waals surface area contributed by atoms with Gasteiger partial charge in [-0.2, -0.15) is 0 Å². The molecule has 6 nitrogen and oxygen atoms in total. The van der Waals surface area contributed by atoms with Crippen LogP contribution in [-0.2, 0) is 4.79 Å². The number of hydrogen-bond donors (Lipinski definition) is 1. The smallest absolute Gasteiger partial charge is 0.247 e. The second-order valence-electron chi connectivity index (χ2n) is 6.76. The minimum atomic E-state index is -0.662. The second-order valence-corrected chi connectivity index (χ2v) is 6.76. The van der Waals surface area contributed by atoms with Crippen LogP contribution in [0.3, 0.4) is 0 Å². The summed E-state index contributed by atoms with van der Waals surface area (Å²) in [5.41, 5.74) is 8.24. The first-order valence-electron chi connectivity index (χ1n) is 9.38. The van der Waals surface area contributed by atoms with Crippen molar-refractivity contribution in [1.82, 2.24) is 4.98 Å². The van der Waals surface area contributed by atoms with Gasteiger partial charge >= 0.3 is 0 Å². The van der Waals surface area contributed by atoms with E-state index in [-0.39, 0.29) is 12.5 Å². The Kier molecular flexibility index (Phi) is 5.32. The maximum Gasteiger partial charge on any atom is 0.247 e. The van der Waals surface area contributed by atoms with E-state index in [1.165, 1.54) is 4.90 Å². The number of nitrogens with zero attached hydrogens (tertiary/aromatic N) is 2. The average molecular weight is 387 g/mol. The Balaban J connectivity index is 1.39. The molecule has 0 aliphatic carbocycles. The van der Waals surface area contributed by atoms with Crippen LogP contribution >= 0.6 is 0 Å². The molecule has 0 saturated carbocycles. The number of carbonyl (C=O) groups excluding carboxylic acids is 1. The van der Waals surface area contributed by atoms with Gasteiger partial charge < -0.3 is 20.1 Å². The van der Waals surface area contributed by atoms with Crippen LogP contribution in [-0.4, -0.2) is 37.2 Å². The number of aromatic nitrogens is 1. The molecule has 2 aromatic carbocycles. The van der Waals surface area contributed by atoms with Gasteiger partial charge in [-0.3, -0.25) is 9.78 Å². The summed E-state index contributed by atoms with van der Waals surface area (Å²) in [4.78, 5) is 18.0. The van der Waals surface area contributed by atoms with E-state index < -0.39 is 6.04 Å². The highest BCUT2D eigenvalue weighted by Crippen LogP contribution is 2.31. The molecule has 1 aliphatic heterocycles. The Hall–Kier alpha value is -3.56. The van der Waals surface area contributed by atoms with Gasteiger partial charge in [-0.05, 0) is 42.5 Å². The molecular formula is C23H21N3O3. The predicted molar refractivity (Wildman–Crippen MR) is 112 cm³/mol. The molecule has 1 aliphatic rings. The normalized spacial score (nSPS) is 15.7. The minimum Gasteiger partial charge on any atom is -0.493 e. The lowest BCUT2D eigenvalue weighted by molar-refractivity contribution is -0.119. The first kappa shape index (κ1) is 18.8. The molecule has 0 bridgehead atoms. The number of amides is 1. The lowest BCUT2D eigenvalue weighted by Crippen LogP contribution is -2.43. The molecule has 0 fully saturated rings. The van der Waals surface area contributed by atoms with Crippen molar-refractivity contribution in [2.75, 3.05) is 25.2 Å². The number of benzene rings is 2.